The molecule has 0 heterocycles. The van der Waals surface area contributed by atoms with E-state index in [1.807, 2.05) is 18.2 Å². The van der Waals surface area contributed by atoms with E-state index in [1.165, 1.54) is 6.92 Å². The number of nitrogens with one attached hydrogen (secondary N) is 2. The molecular weight excluding hydrogens is 220 g/mol. The summed E-state index contributed by atoms with van der Waals surface area (Å²) in [6.07, 6.45) is 0. The summed E-state index contributed by atoms with van der Waals surface area (Å²) < 4.78 is 5.25. The van der Waals surface area contributed by atoms with Gasteiger partial charge in [0.05, 0.1) is 0 Å². The third-order valence-corrected chi connectivity index (χ3v) is 1.93. The summed E-state index contributed by atoms with van der Waals surface area (Å²) in [5, 5.41) is 5.21. The number of hydrogen-bond acceptors (Lipinski definition) is 3. The molecule has 0 aromatic heterocycles. The van der Waals surface area contributed by atoms with Crippen molar-refractivity contribution < 1.29 is 14.3 Å². The standard InChI is InChI=1S/C12H16N2O3/c1-10(15)13-7-8-14-12(16)9-17-11-5-3-2-4-6-11/h2-6H,7-9H2,1H3,(H,13,15)(H,14,16). The number of rotatable bonds is 6. The molecule has 0 radical (unpaired) electrons. The first-order valence-corrected chi connectivity index (χ1v) is 5.37. The third kappa shape index (κ3) is 6.19. The average molecular weight is 236 g/mol. The SMILES string of the molecule is CC(=O)NCCNC(=O)COc1ccccc1. The molecule has 1 rings (SSSR count). The van der Waals surface area contributed by atoms with Crippen molar-refractivity contribution in [2.75, 3.05) is 19.7 Å². The van der Waals surface area contributed by atoms with Gasteiger partial charge in [-0.05, 0) is 12.1 Å². The van der Waals surface area contributed by atoms with Crippen molar-refractivity contribution in [3.8, 4) is 5.75 Å². The topological polar surface area (TPSA) is 67.4 Å². The quantitative estimate of drug-likeness (QED) is 0.699. The van der Waals surface area contributed by atoms with Gasteiger partial charge in [0.2, 0.25) is 5.91 Å². The van der Waals surface area contributed by atoms with Gasteiger partial charge in [-0.1, -0.05) is 18.2 Å². The van der Waals surface area contributed by atoms with Crippen molar-refractivity contribution in [1.82, 2.24) is 10.6 Å². The van der Waals surface area contributed by atoms with Crippen molar-refractivity contribution in [2.45, 2.75) is 6.92 Å². The summed E-state index contributed by atoms with van der Waals surface area (Å²) in [7, 11) is 0. The second kappa shape index (κ2) is 7.27. The highest BCUT2D eigenvalue weighted by atomic mass is 16.5. The summed E-state index contributed by atoms with van der Waals surface area (Å²) in [5.41, 5.74) is 0. The van der Waals surface area contributed by atoms with Gasteiger partial charge in [0.1, 0.15) is 5.75 Å². The Morgan fingerprint density at radius 1 is 1.12 bits per heavy atom. The number of carbonyl (C=O) groups is 2. The molecule has 17 heavy (non-hydrogen) atoms. The fraction of sp³-hybridized carbons (Fsp3) is 0.333. The van der Waals surface area contributed by atoms with E-state index < -0.39 is 0 Å². The van der Waals surface area contributed by atoms with E-state index in [0.29, 0.717) is 18.8 Å². The molecule has 0 aliphatic carbocycles. The molecule has 0 fully saturated rings. The molecule has 0 atom stereocenters. The largest absolute Gasteiger partial charge is 0.484 e. The number of para-hydroxylation sites is 1. The van der Waals surface area contributed by atoms with Crippen LogP contribution in [0.3, 0.4) is 0 Å². The molecule has 5 heteroatoms. The normalized spacial score (nSPS) is 9.47. The van der Waals surface area contributed by atoms with Crippen molar-refractivity contribution >= 4 is 11.8 Å². The van der Waals surface area contributed by atoms with Gasteiger partial charge in [-0.15, -0.1) is 0 Å². The molecule has 2 N–H and O–H groups in total. The molecule has 0 aliphatic heterocycles. The van der Waals surface area contributed by atoms with Crippen LogP contribution in [-0.2, 0) is 9.59 Å². The molecule has 0 saturated heterocycles. The van der Waals surface area contributed by atoms with E-state index in [4.69, 9.17) is 4.74 Å². The maximum Gasteiger partial charge on any atom is 0.258 e. The summed E-state index contributed by atoms with van der Waals surface area (Å²) in [4.78, 5) is 21.9. The van der Waals surface area contributed by atoms with Gasteiger partial charge in [0.25, 0.3) is 5.91 Å². The van der Waals surface area contributed by atoms with E-state index in [9.17, 15) is 9.59 Å². The highest BCUT2D eigenvalue weighted by Gasteiger charge is 2.01. The number of ether oxygens (including phenoxy) is 1. The molecule has 0 saturated carbocycles. The minimum absolute atomic E-state index is 0.0237. The van der Waals surface area contributed by atoms with Gasteiger partial charge in [-0.2, -0.15) is 0 Å². The highest BCUT2D eigenvalue weighted by molar-refractivity contribution is 5.77. The molecular formula is C12H16N2O3. The van der Waals surface area contributed by atoms with Gasteiger partial charge in [-0.3, -0.25) is 9.59 Å². The lowest BCUT2D eigenvalue weighted by molar-refractivity contribution is -0.123. The summed E-state index contributed by atoms with van der Waals surface area (Å²) >= 11 is 0. The lowest BCUT2D eigenvalue weighted by atomic mass is 10.3. The van der Waals surface area contributed by atoms with Crippen LogP contribution in [0.4, 0.5) is 0 Å². The monoisotopic (exact) mass is 236 g/mol. The van der Waals surface area contributed by atoms with Crippen LogP contribution in [0.5, 0.6) is 5.75 Å². The minimum atomic E-state index is -0.209. The Hall–Kier alpha value is -2.04. The van der Waals surface area contributed by atoms with E-state index >= 15 is 0 Å². The number of hydrogen-bond donors (Lipinski definition) is 2. The van der Waals surface area contributed by atoms with Gasteiger partial charge in [0.15, 0.2) is 6.61 Å². The Bertz CT molecular complexity index is 365. The van der Waals surface area contributed by atoms with Crippen molar-refractivity contribution in [3.05, 3.63) is 30.3 Å². The lowest BCUT2D eigenvalue weighted by Crippen LogP contribution is -2.36. The average Bonchev–Trinajstić information content (AvgIpc) is 2.33. The van der Waals surface area contributed by atoms with Crippen molar-refractivity contribution in [1.29, 1.82) is 0 Å². The van der Waals surface area contributed by atoms with E-state index in [1.54, 1.807) is 12.1 Å². The Labute approximate surface area is 100 Å². The zero-order valence-corrected chi connectivity index (χ0v) is 9.73. The van der Waals surface area contributed by atoms with Crippen molar-refractivity contribution in [3.63, 3.8) is 0 Å². The first-order valence-electron chi connectivity index (χ1n) is 5.37. The highest BCUT2D eigenvalue weighted by Crippen LogP contribution is 2.07. The van der Waals surface area contributed by atoms with Crippen LogP contribution in [0.15, 0.2) is 30.3 Å². The second-order valence-electron chi connectivity index (χ2n) is 3.43. The molecule has 1 aromatic rings. The third-order valence-electron chi connectivity index (χ3n) is 1.93. The molecule has 2 amide bonds. The zero-order chi connectivity index (χ0) is 12.5. The second-order valence-corrected chi connectivity index (χ2v) is 3.43. The predicted molar refractivity (Wildman–Crippen MR) is 63.6 cm³/mol. The Balaban J connectivity index is 2.11. The molecule has 92 valence electrons. The van der Waals surface area contributed by atoms with E-state index in [0.717, 1.165) is 0 Å². The fourth-order valence-corrected chi connectivity index (χ4v) is 1.16. The Kier molecular flexibility index (Phi) is 5.57. The van der Waals surface area contributed by atoms with Crippen LogP contribution in [0.25, 0.3) is 0 Å². The number of amides is 2. The predicted octanol–water partition coefficient (Wildman–Crippen LogP) is 0.318. The van der Waals surface area contributed by atoms with E-state index in [2.05, 4.69) is 10.6 Å². The van der Waals surface area contributed by atoms with Gasteiger partial charge < -0.3 is 15.4 Å². The van der Waals surface area contributed by atoms with Gasteiger partial charge in [0, 0.05) is 20.0 Å². The smallest absolute Gasteiger partial charge is 0.258 e. The van der Waals surface area contributed by atoms with Crippen LogP contribution in [0.2, 0.25) is 0 Å². The Morgan fingerprint density at radius 3 is 2.41 bits per heavy atom. The fourth-order valence-electron chi connectivity index (χ4n) is 1.16. The van der Waals surface area contributed by atoms with Crippen LogP contribution in [-0.4, -0.2) is 31.5 Å². The molecule has 1 aromatic carbocycles. The summed E-state index contributed by atoms with van der Waals surface area (Å²) in [6, 6.07) is 9.11. The molecule has 0 bridgehead atoms. The van der Waals surface area contributed by atoms with E-state index in [-0.39, 0.29) is 18.4 Å². The summed E-state index contributed by atoms with van der Waals surface area (Å²) in [6.45, 7) is 2.23. The maximum atomic E-state index is 11.3. The van der Waals surface area contributed by atoms with Crippen molar-refractivity contribution in [2.24, 2.45) is 0 Å². The number of benzene rings is 1. The van der Waals surface area contributed by atoms with Crippen LogP contribution < -0.4 is 15.4 Å². The zero-order valence-electron chi connectivity index (χ0n) is 9.73. The summed E-state index contributed by atoms with van der Waals surface area (Å²) in [5.74, 6) is 0.337. The molecule has 0 unspecified atom stereocenters. The first kappa shape index (κ1) is 13.0. The maximum absolute atomic E-state index is 11.3. The lowest BCUT2D eigenvalue weighted by Gasteiger charge is -2.07. The van der Waals surface area contributed by atoms with Gasteiger partial charge in [-0.25, -0.2) is 0 Å². The van der Waals surface area contributed by atoms with Crippen LogP contribution in [0.1, 0.15) is 6.92 Å². The van der Waals surface area contributed by atoms with Crippen LogP contribution in [0, 0.1) is 0 Å². The van der Waals surface area contributed by atoms with Crippen LogP contribution >= 0.6 is 0 Å². The number of carbonyl (C=O) groups excluding carboxylic acids is 2. The molecule has 0 spiro atoms. The van der Waals surface area contributed by atoms with Gasteiger partial charge >= 0.3 is 0 Å². The first-order chi connectivity index (χ1) is 8.18. The molecule has 5 nitrogen and oxygen atoms in total. The molecule has 0 aliphatic rings. The minimum Gasteiger partial charge on any atom is -0.484 e. The Morgan fingerprint density at radius 2 is 1.76 bits per heavy atom.